The maximum atomic E-state index is 13.2. The quantitative estimate of drug-likeness (QED) is 0.630. The Morgan fingerprint density at radius 3 is 2.74 bits per heavy atom. The molecule has 9 heteroatoms. The molecule has 0 bridgehead atoms. The first-order valence-electron chi connectivity index (χ1n) is 9.86. The van der Waals surface area contributed by atoms with Crippen LogP contribution in [0.1, 0.15) is 27.6 Å². The molecular weight excluding hydrogens is 408 g/mol. The first kappa shape index (κ1) is 19.7. The predicted molar refractivity (Wildman–Crippen MR) is 106 cm³/mol. The summed E-state index contributed by atoms with van der Waals surface area (Å²) in [6, 6.07) is 12.1. The zero-order valence-corrected chi connectivity index (χ0v) is 16.4. The largest absolute Gasteiger partial charge is 0.586 e. The Morgan fingerprint density at radius 1 is 1.16 bits per heavy atom. The van der Waals surface area contributed by atoms with Crippen LogP contribution in [-0.2, 0) is 11.2 Å². The monoisotopic (exact) mass is 427 g/mol. The van der Waals surface area contributed by atoms with Crippen LogP contribution in [0.25, 0.3) is 5.69 Å². The van der Waals surface area contributed by atoms with E-state index in [1.165, 1.54) is 23.0 Å². The lowest BCUT2D eigenvalue weighted by molar-refractivity contribution is -0.286. The van der Waals surface area contributed by atoms with E-state index in [0.717, 1.165) is 24.2 Å². The van der Waals surface area contributed by atoms with Gasteiger partial charge in [-0.15, -0.1) is 8.78 Å². The zero-order chi connectivity index (χ0) is 21.4. The number of morpholine rings is 1. The predicted octanol–water partition coefficient (Wildman–Crippen LogP) is 3.28. The molecule has 2 aliphatic rings. The molecule has 1 N–H and O–H groups in total. The van der Waals surface area contributed by atoms with Crippen LogP contribution in [0.15, 0.2) is 54.9 Å². The van der Waals surface area contributed by atoms with E-state index in [1.54, 1.807) is 12.3 Å². The molecule has 1 fully saturated rings. The minimum absolute atomic E-state index is 0.0263. The maximum Gasteiger partial charge on any atom is 0.586 e. The third kappa shape index (κ3) is 4.14. The molecule has 1 aromatic heterocycles. The van der Waals surface area contributed by atoms with E-state index in [4.69, 9.17) is 4.74 Å². The normalized spacial score (nSPS) is 19.4. The third-order valence-electron chi connectivity index (χ3n) is 5.20. The molecule has 0 saturated carbocycles. The summed E-state index contributed by atoms with van der Waals surface area (Å²) in [5.74, 6) is -0.222. The lowest BCUT2D eigenvalue weighted by atomic mass is 10.0. The first-order chi connectivity index (χ1) is 15.0. The van der Waals surface area contributed by atoms with Gasteiger partial charge < -0.3 is 19.5 Å². The van der Waals surface area contributed by atoms with Crippen molar-refractivity contribution in [2.24, 2.45) is 0 Å². The smallest absolute Gasteiger partial charge is 0.395 e. The van der Waals surface area contributed by atoms with E-state index in [9.17, 15) is 13.6 Å². The van der Waals surface area contributed by atoms with Crippen LogP contribution in [0.4, 0.5) is 8.78 Å². The van der Waals surface area contributed by atoms with Gasteiger partial charge in [-0.2, -0.15) is 5.10 Å². The number of nitrogens with zero attached hydrogens (tertiary/aromatic N) is 2. The van der Waals surface area contributed by atoms with Gasteiger partial charge in [-0.25, -0.2) is 4.68 Å². The lowest BCUT2D eigenvalue weighted by Gasteiger charge is -2.24. The molecule has 3 heterocycles. The Kier molecular flexibility index (Phi) is 4.91. The van der Waals surface area contributed by atoms with Gasteiger partial charge in [0.2, 0.25) is 0 Å². The second-order valence-corrected chi connectivity index (χ2v) is 7.38. The van der Waals surface area contributed by atoms with Crippen LogP contribution in [0.3, 0.4) is 0 Å². The van der Waals surface area contributed by atoms with E-state index in [1.807, 2.05) is 24.3 Å². The zero-order valence-electron chi connectivity index (χ0n) is 16.4. The van der Waals surface area contributed by atoms with Gasteiger partial charge in [-0.1, -0.05) is 24.3 Å². The van der Waals surface area contributed by atoms with Gasteiger partial charge in [0.05, 0.1) is 30.2 Å². The number of fused-ring (bicyclic) bond motifs is 1. The second-order valence-electron chi connectivity index (χ2n) is 7.38. The van der Waals surface area contributed by atoms with Crippen molar-refractivity contribution in [1.82, 2.24) is 15.1 Å². The fourth-order valence-corrected chi connectivity index (χ4v) is 3.61. The number of ether oxygens (including phenoxy) is 3. The number of carbonyl (C=O) groups excluding carboxylic acids is 1. The summed E-state index contributed by atoms with van der Waals surface area (Å²) < 4.78 is 42.4. The van der Waals surface area contributed by atoms with Crippen molar-refractivity contribution < 1.29 is 27.8 Å². The van der Waals surface area contributed by atoms with Gasteiger partial charge in [0.25, 0.3) is 0 Å². The maximum absolute atomic E-state index is 13.2. The van der Waals surface area contributed by atoms with E-state index in [0.29, 0.717) is 17.9 Å². The molecule has 160 valence electrons. The summed E-state index contributed by atoms with van der Waals surface area (Å²) >= 11 is 0. The summed E-state index contributed by atoms with van der Waals surface area (Å²) in [5.41, 5.74) is 2.86. The molecular formula is C22H19F2N3O4. The highest BCUT2D eigenvalue weighted by atomic mass is 19.3. The van der Waals surface area contributed by atoms with Crippen LogP contribution < -0.4 is 14.8 Å². The summed E-state index contributed by atoms with van der Waals surface area (Å²) in [4.78, 5) is 12.7. The molecule has 0 radical (unpaired) electrons. The van der Waals surface area contributed by atoms with E-state index in [-0.39, 0.29) is 29.8 Å². The fraction of sp³-hybridized carbons (Fsp3) is 0.273. The van der Waals surface area contributed by atoms with E-state index >= 15 is 0 Å². The standard InChI is InChI=1S/C22H19F2N3O4/c23-22(24)30-19-6-5-17(10-20(19)31-22)27-13-16(11-26-27)18(28)9-14-1-3-15(4-2-14)21-12-25-7-8-29-21/h1-6,10-11,13,21,25H,7-9,12H2/t21-/m1/s1. The van der Waals surface area contributed by atoms with Gasteiger partial charge in [0, 0.05) is 31.8 Å². The molecule has 31 heavy (non-hydrogen) atoms. The molecule has 5 rings (SSSR count). The molecule has 7 nitrogen and oxygen atoms in total. The van der Waals surface area contributed by atoms with E-state index < -0.39 is 6.29 Å². The van der Waals surface area contributed by atoms with Crippen LogP contribution in [0, 0.1) is 0 Å². The number of Topliss-reactive ketones (excluding diaryl/α,β-unsaturated/α-hetero) is 1. The van der Waals surface area contributed by atoms with Crippen molar-refractivity contribution >= 4 is 5.78 Å². The Hall–Kier alpha value is -3.30. The van der Waals surface area contributed by atoms with Crippen LogP contribution in [-0.4, -0.2) is 41.6 Å². The third-order valence-corrected chi connectivity index (χ3v) is 5.20. The number of benzene rings is 2. The van der Waals surface area contributed by atoms with Crippen molar-refractivity contribution in [1.29, 1.82) is 0 Å². The number of hydrogen-bond donors (Lipinski definition) is 1. The van der Waals surface area contributed by atoms with Gasteiger partial charge in [-0.05, 0) is 23.3 Å². The number of nitrogens with one attached hydrogen (secondary N) is 1. The van der Waals surface area contributed by atoms with Crippen molar-refractivity contribution in [2.75, 3.05) is 19.7 Å². The number of hydrogen-bond acceptors (Lipinski definition) is 6. The minimum atomic E-state index is -3.68. The summed E-state index contributed by atoms with van der Waals surface area (Å²) in [5, 5.41) is 7.47. The van der Waals surface area contributed by atoms with Gasteiger partial charge in [-0.3, -0.25) is 4.79 Å². The number of halogens is 2. The second kappa shape index (κ2) is 7.75. The number of ketones is 1. The van der Waals surface area contributed by atoms with Crippen molar-refractivity contribution in [3.8, 4) is 17.2 Å². The highest BCUT2D eigenvalue weighted by Gasteiger charge is 2.43. The molecule has 2 aromatic carbocycles. The van der Waals surface area contributed by atoms with Crippen LogP contribution >= 0.6 is 0 Å². The van der Waals surface area contributed by atoms with Gasteiger partial charge in [0.15, 0.2) is 17.3 Å². The average Bonchev–Trinajstić information content (AvgIpc) is 3.37. The molecule has 0 spiro atoms. The first-order valence-corrected chi connectivity index (χ1v) is 9.86. The molecule has 1 atom stereocenters. The van der Waals surface area contributed by atoms with Crippen LogP contribution in [0.2, 0.25) is 0 Å². The summed E-state index contributed by atoms with van der Waals surface area (Å²) in [6.45, 7) is 2.31. The Labute approximate surface area is 176 Å². The fourth-order valence-electron chi connectivity index (χ4n) is 3.61. The highest BCUT2D eigenvalue weighted by Crippen LogP contribution is 2.41. The molecule has 1 saturated heterocycles. The SMILES string of the molecule is O=C(Cc1ccc([C@H]2CNCCO2)cc1)c1cnn(-c2ccc3c(c2)OC(F)(F)O3)c1. The van der Waals surface area contributed by atoms with E-state index in [2.05, 4.69) is 19.9 Å². The molecule has 0 unspecified atom stereocenters. The number of carbonyl (C=O) groups is 1. The Morgan fingerprint density at radius 2 is 1.97 bits per heavy atom. The molecule has 3 aromatic rings. The summed E-state index contributed by atoms with van der Waals surface area (Å²) in [7, 11) is 0. The van der Waals surface area contributed by atoms with Crippen molar-refractivity contribution in [2.45, 2.75) is 18.8 Å². The highest BCUT2D eigenvalue weighted by molar-refractivity contribution is 5.97. The number of alkyl halides is 2. The van der Waals surface area contributed by atoms with Crippen molar-refractivity contribution in [3.05, 3.63) is 71.5 Å². The van der Waals surface area contributed by atoms with Gasteiger partial charge in [0.1, 0.15) is 0 Å². The topological polar surface area (TPSA) is 74.6 Å². The van der Waals surface area contributed by atoms with Gasteiger partial charge >= 0.3 is 6.29 Å². The Bertz CT molecular complexity index is 1110. The van der Waals surface area contributed by atoms with Crippen LogP contribution in [0.5, 0.6) is 11.5 Å². The molecule has 2 aliphatic heterocycles. The minimum Gasteiger partial charge on any atom is -0.395 e. The molecule has 0 aliphatic carbocycles. The Balaban J connectivity index is 1.26. The average molecular weight is 427 g/mol. The number of rotatable bonds is 5. The van der Waals surface area contributed by atoms with Crippen molar-refractivity contribution in [3.63, 3.8) is 0 Å². The molecule has 0 amide bonds. The lowest BCUT2D eigenvalue weighted by Crippen LogP contribution is -2.33. The number of aromatic nitrogens is 2. The summed E-state index contributed by atoms with van der Waals surface area (Å²) in [6.07, 6.45) is -0.408.